The molecule has 23 heavy (non-hydrogen) atoms. The molecule has 0 spiro atoms. The Hall–Kier alpha value is -1.50. The topological polar surface area (TPSA) is 72.2 Å². The minimum absolute atomic E-state index is 0.310. The van der Waals surface area contributed by atoms with Crippen LogP contribution in [0.2, 0.25) is 0 Å². The van der Waals surface area contributed by atoms with Crippen LogP contribution in [-0.4, -0.2) is 20.2 Å². The predicted molar refractivity (Wildman–Crippen MR) is 97.0 cm³/mol. The Morgan fingerprint density at radius 1 is 1.09 bits per heavy atom. The van der Waals surface area contributed by atoms with Crippen LogP contribution < -0.4 is 10.5 Å². The van der Waals surface area contributed by atoms with Gasteiger partial charge >= 0.3 is 0 Å². The van der Waals surface area contributed by atoms with Crippen LogP contribution in [0.25, 0.3) is 0 Å². The normalized spacial score (nSPS) is 12.9. The van der Waals surface area contributed by atoms with Crippen LogP contribution in [0.1, 0.15) is 19.8 Å². The highest BCUT2D eigenvalue weighted by Crippen LogP contribution is 2.26. The number of nitrogens with two attached hydrogens (primary N) is 1. The minimum Gasteiger partial charge on any atom is -0.399 e. The zero-order valence-electron chi connectivity index (χ0n) is 13.1. The van der Waals surface area contributed by atoms with Crippen molar-refractivity contribution in [3.05, 3.63) is 54.6 Å². The van der Waals surface area contributed by atoms with Crippen molar-refractivity contribution in [3.8, 4) is 0 Å². The molecule has 0 aromatic heterocycles. The number of sulfonamides is 1. The number of anilines is 1. The Balaban J connectivity index is 1.73. The average Bonchev–Trinajstić information content (AvgIpc) is 2.55. The van der Waals surface area contributed by atoms with Crippen molar-refractivity contribution in [2.45, 2.75) is 34.8 Å². The van der Waals surface area contributed by atoms with Gasteiger partial charge in [0.05, 0.1) is 4.90 Å². The summed E-state index contributed by atoms with van der Waals surface area (Å²) in [5.74, 6) is 0. The molecular formula is C17H22N2O2S2. The lowest BCUT2D eigenvalue weighted by atomic mass is 10.2. The second-order valence-corrected chi connectivity index (χ2v) is 8.63. The van der Waals surface area contributed by atoms with Gasteiger partial charge in [0.15, 0.2) is 0 Å². The van der Waals surface area contributed by atoms with Crippen LogP contribution in [-0.2, 0) is 10.0 Å². The highest BCUT2D eigenvalue weighted by Gasteiger charge is 2.12. The van der Waals surface area contributed by atoms with Crippen molar-refractivity contribution in [1.29, 1.82) is 0 Å². The highest BCUT2D eigenvalue weighted by atomic mass is 32.2. The summed E-state index contributed by atoms with van der Waals surface area (Å²) in [5, 5.41) is 0.417. The Morgan fingerprint density at radius 3 is 2.39 bits per heavy atom. The highest BCUT2D eigenvalue weighted by molar-refractivity contribution is 7.99. The van der Waals surface area contributed by atoms with E-state index in [4.69, 9.17) is 5.73 Å². The van der Waals surface area contributed by atoms with Gasteiger partial charge in [-0.3, -0.25) is 0 Å². The van der Waals surface area contributed by atoms with E-state index in [1.807, 2.05) is 24.3 Å². The van der Waals surface area contributed by atoms with Gasteiger partial charge in [0.1, 0.15) is 0 Å². The molecular weight excluding hydrogens is 328 g/mol. The van der Waals surface area contributed by atoms with E-state index in [2.05, 4.69) is 11.6 Å². The summed E-state index contributed by atoms with van der Waals surface area (Å²) in [7, 11) is -3.39. The van der Waals surface area contributed by atoms with E-state index in [1.165, 1.54) is 4.90 Å². The molecule has 0 heterocycles. The van der Waals surface area contributed by atoms with Crippen molar-refractivity contribution in [2.24, 2.45) is 0 Å². The van der Waals surface area contributed by atoms with E-state index in [0.29, 0.717) is 16.7 Å². The van der Waals surface area contributed by atoms with Crippen LogP contribution in [0.4, 0.5) is 5.69 Å². The number of thioether (sulfide) groups is 1. The van der Waals surface area contributed by atoms with Gasteiger partial charge in [0, 0.05) is 22.4 Å². The van der Waals surface area contributed by atoms with Crippen molar-refractivity contribution >= 4 is 27.5 Å². The molecule has 124 valence electrons. The van der Waals surface area contributed by atoms with Gasteiger partial charge in [-0.2, -0.15) is 0 Å². The maximum atomic E-state index is 12.1. The van der Waals surface area contributed by atoms with Crippen LogP contribution in [0.3, 0.4) is 0 Å². The van der Waals surface area contributed by atoms with E-state index in [0.717, 1.165) is 18.5 Å². The predicted octanol–water partition coefficient (Wildman–Crippen LogP) is 3.51. The first kappa shape index (κ1) is 17.8. The number of hydrogen-bond donors (Lipinski definition) is 2. The first-order valence-corrected chi connectivity index (χ1v) is 9.90. The summed E-state index contributed by atoms with van der Waals surface area (Å²) in [6.45, 7) is 2.59. The third-order valence-corrected chi connectivity index (χ3v) is 6.01. The molecule has 2 rings (SSSR count). The fourth-order valence-corrected chi connectivity index (χ4v) is 4.25. The third-order valence-electron chi connectivity index (χ3n) is 3.35. The molecule has 3 N–H and O–H groups in total. The first-order chi connectivity index (χ1) is 11.0. The zero-order valence-corrected chi connectivity index (χ0v) is 14.7. The van der Waals surface area contributed by atoms with Gasteiger partial charge in [-0.1, -0.05) is 25.1 Å². The molecule has 4 nitrogen and oxygen atoms in total. The van der Waals surface area contributed by atoms with E-state index in [-0.39, 0.29) is 0 Å². The first-order valence-electron chi connectivity index (χ1n) is 7.54. The second-order valence-electron chi connectivity index (χ2n) is 5.35. The Kier molecular flexibility index (Phi) is 6.50. The third kappa shape index (κ3) is 5.89. The van der Waals surface area contributed by atoms with Crippen molar-refractivity contribution in [3.63, 3.8) is 0 Å². The fourth-order valence-electron chi connectivity index (χ4n) is 2.12. The van der Waals surface area contributed by atoms with Gasteiger partial charge in [0.25, 0.3) is 0 Å². The zero-order chi connectivity index (χ0) is 16.7. The van der Waals surface area contributed by atoms with Gasteiger partial charge in [-0.15, -0.1) is 11.8 Å². The Morgan fingerprint density at radius 2 is 1.74 bits per heavy atom. The van der Waals surface area contributed by atoms with Crippen LogP contribution in [0.15, 0.2) is 64.4 Å². The van der Waals surface area contributed by atoms with Gasteiger partial charge < -0.3 is 5.73 Å². The number of rotatable bonds is 8. The molecule has 0 aliphatic heterocycles. The lowest BCUT2D eigenvalue weighted by Crippen LogP contribution is -2.25. The SMILES string of the molecule is CC(CCCNS(=O)(=O)c1ccccc1)Sc1ccc(N)cc1. The van der Waals surface area contributed by atoms with Gasteiger partial charge in [-0.05, 0) is 49.2 Å². The molecule has 2 aromatic carbocycles. The summed E-state index contributed by atoms with van der Waals surface area (Å²) in [6.07, 6.45) is 1.74. The molecule has 0 radical (unpaired) electrons. The summed E-state index contributed by atoms with van der Waals surface area (Å²) in [4.78, 5) is 1.49. The molecule has 1 unspecified atom stereocenters. The molecule has 0 saturated heterocycles. The van der Waals surface area contributed by atoms with Crippen molar-refractivity contribution < 1.29 is 8.42 Å². The maximum Gasteiger partial charge on any atom is 0.240 e. The number of hydrogen-bond acceptors (Lipinski definition) is 4. The molecule has 1 atom stereocenters. The van der Waals surface area contributed by atoms with Gasteiger partial charge in [-0.25, -0.2) is 13.1 Å². The molecule has 0 bridgehead atoms. The summed E-state index contributed by atoms with van der Waals surface area (Å²) >= 11 is 1.77. The molecule has 0 saturated carbocycles. The quantitative estimate of drug-likeness (QED) is 0.434. The van der Waals surface area contributed by atoms with E-state index < -0.39 is 10.0 Å². The van der Waals surface area contributed by atoms with Gasteiger partial charge in [0.2, 0.25) is 10.0 Å². The molecule has 0 amide bonds. The second kappa shape index (κ2) is 8.38. The number of benzene rings is 2. The van der Waals surface area contributed by atoms with E-state index >= 15 is 0 Å². The Labute approximate surface area is 142 Å². The largest absolute Gasteiger partial charge is 0.399 e. The molecule has 6 heteroatoms. The molecule has 2 aromatic rings. The number of nitrogen functional groups attached to an aromatic ring is 1. The summed E-state index contributed by atoms with van der Waals surface area (Å²) in [6, 6.07) is 16.2. The van der Waals surface area contributed by atoms with Crippen LogP contribution in [0.5, 0.6) is 0 Å². The van der Waals surface area contributed by atoms with E-state index in [1.54, 1.807) is 42.1 Å². The van der Waals surface area contributed by atoms with Crippen molar-refractivity contribution in [1.82, 2.24) is 4.72 Å². The van der Waals surface area contributed by atoms with Crippen LogP contribution >= 0.6 is 11.8 Å². The van der Waals surface area contributed by atoms with Crippen LogP contribution in [0, 0.1) is 0 Å². The monoisotopic (exact) mass is 350 g/mol. The smallest absolute Gasteiger partial charge is 0.240 e. The fraction of sp³-hybridized carbons (Fsp3) is 0.294. The lowest BCUT2D eigenvalue weighted by Gasteiger charge is -2.12. The standard InChI is InChI=1S/C17H22N2O2S2/c1-14(22-16-11-9-15(18)10-12-16)6-5-13-19-23(20,21)17-7-3-2-4-8-17/h2-4,7-12,14,19H,5-6,13,18H2,1H3. The average molecular weight is 351 g/mol. The number of nitrogens with one attached hydrogen (secondary N) is 1. The molecule has 0 fully saturated rings. The lowest BCUT2D eigenvalue weighted by molar-refractivity contribution is 0.576. The minimum atomic E-state index is -3.39. The summed E-state index contributed by atoms with van der Waals surface area (Å²) < 4.78 is 26.8. The Bertz CT molecular complexity index is 701. The molecule has 0 aliphatic carbocycles. The summed E-state index contributed by atoms with van der Waals surface area (Å²) in [5.41, 5.74) is 6.43. The van der Waals surface area contributed by atoms with E-state index in [9.17, 15) is 8.42 Å². The molecule has 0 aliphatic rings. The van der Waals surface area contributed by atoms with Crippen molar-refractivity contribution in [2.75, 3.05) is 12.3 Å². The maximum absolute atomic E-state index is 12.1.